The number of hydrogen-bond acceptors (Lipinski definition) is 8. The number of nitrogens with one attached hydrogen (secondary N) is 4. The number of thioether (sulfide) groups is 1. The van der Waals surface area contributed by atoms with Crippen LogP contribution in [0, 0.1) is 0 Å². The fraction of sp³-hybridized carbons (Fsp3) is 0.519. The molecule has 14 heteroatoms. The van der Waals surface area contributed by atoms with Crippen molar-refractivity contribution in [3.8, 4) is 0 Å². The molecule has 41 heavy (non-hydrogen) atoms. The topological polar surface area (TPSA) is 230 Å². The summed E-state index contributed by atoms with van der Waals surface area (Å²) in [6.07, 6.45) is 4.47. The van der Waals surface area contributed by atoms with E-state index in [1.54, 1.807) is 6.20 Å². The van der Waals surface area contributed by atoms with Gasteiger partial charge >= 0.3 is 11.9 Å². The van der Waals surface area contributed by atoms with Crippen molar-refractivity contribution in [3.05, 3.63) is 36.0 Å². The minimum atomic E-state index is -1.36. The maximum atomic E-state index is 13.2. The molecule has 1 aromatic carbocycles. The van der Waals surface area contributed by atoms with Gasteiger partial charge in [-0.05, 0) is 62.3 Å². The zero-order chi connectivity index (χ0) is 30.4. The van der Waals surface area contributed by atoms with Crippen molar-refractivity contribution in [1.29, 1.82) is 0 Å². The van der Waals surface area contributed by atoms with E-state index in [4.69, 9.17) is 11.5 Å². The van der Waals surface area contributed by atoms with Gasteiger partial charge in [0, 0.05) is 29.9 Å². The molecule has 0 fully saturated rings. The summed E-state index contributed by atoms with van der Waals surface area (Å²) in [5.74, 6) is -3.92. The van der Waals surface area contributed by atoms with Gasteiger partial charge in [0.1, 0.15) is 18.1 Å². The molecular formula is C27H40N6O7S. The summed E-state index contributed by atoms with van der Waals surface area (Å²) >= 11 is 1.53. The number of carbonyl (C=O) groups is 5. The Labute approximate surface area is 242 Å². The summed E-state index contributed by atoms with van der Waals surface area (Å²) in [6.45, 7) is 0.381. The Morgan fingerprint density at radius 3 is 2.17 bits per heavy atom. The van der Waals surface area contributed by atoms with Gasteiger partial charge < -0.3 is 42.6 Å². The number of unbranched alkanes of at least 4 members (excludes halogenated alkanes) is 1. The van der Waals surface area contributed by atoms with Crippen LogP contribution in [0.25, 0.3) is 10.9 Å². The van der Waals surface area contributed by atoms with Gasteiger partial charge in [-0.15, -0.1) is 0 Å². The molecule has 2 aromatic rings. The Hall–Kier alpha value is -3.62. The average molecular weight is 593 g/mol. The second kappa shape index (κ2) is 17.3. The second-order valence-electron chi connectivity index (χ2n) is 9.69. The van der Waals surface area contributed by atoms with Crippen molar-refractivity contribution >= 4 is 52.3 Å². The molecule has 1 heterocycles. The van der Waals surface area contributed by atoms with Gasteiger partial charge in [-0.1, -0.05) is 18.2 Å². The number of aromatic amines is 1. The second-order valence-corrected chi connectivity index (χ2v) is 10.7. The van der Waals surface area contributed by atoms with Gasteiger partial charge in [0.15, 0.2) is 0 Å². The molecule has 2 rings (SSSR count). The smallest absolute Gasteiger partial charge is 0.326 e. The summed E-state index contributed by atoms with van der Waals surface area (Å²) < 4.78 is 0. The standard InChI is InChI=1S/C27H40N6O7S/c1-41-13-11-18(29)24(36)31-20(8-4-5-12-28)25(37)32-21(9-10-23(34)35)26(38)33-22(27(39)40)14-16-15-30-19-7-3-2-6-17(16)19/h2-3,6-7,15,18,20-22,30H,4-5,8-14,28-29H2,1H3,(H,31,36)(H,32,37)(H,33,38)(H,34,35)(H,39,40). The molecule has 0 saturated heterocycles. The molecule has 4 atom stereocenters. The average Bonchev–Trinajstić information content (AvgIpc) is 3.35. The third-order valence-electron chi connectivity index (χ3n) is 6.54. The summed E-state index contributed by atoms with van der Waals surface area (Å²) in [5, 5.41) is 27.4. The van der Waals surface area contributed by atoms with Crippen molar-refractivity contribution in [2.45, 2.75) is 69.1 Å². The Bertz CT molecular complexity index is 1190. The first-order valence-corrected chi connectivity index (χ1v) is 14.8. The summed E-state index contributed by atoms with van der Waals surface area (Å²) in [4.78, 5) is 65.4. The van der Waals surface area contributed by atoms with E-state index in [0.717, 1.165) is 10.9 Å². The van der Waals surface area contributed by atoms with E-state index in [9.17, 15) is 34.2 Å². The molecule has 4 unspecified atom stereocenters. The fourth-order valence-corrected chi connectivity index (χ4v) is 4.71. The monoisotopic (exact) mass is 592 g/mol. The molecular weight excluding hydrogens is 552 g/mol. The molecule has 0 radical (unpaired) electrons. The lowest BCUT2D eigenvalue weighted by Crippen LogP contribution is -2.57. The Morgan fingerprint density at radius 1 is 0.902 bits per heavy atom. The van der Waals surface area contributed by atoms with Gasteiger partial charge in [-0.3, -0.25) is 19.2 Å². The lowest BCUT2D eigenvalue weighted by molar-refractivity contribution is -0.143. The van der Waals surface area contributed by atoms with Crippen LogP contribution in [0.2, 0.25) is 0 Å². The molecule has 0 bridgehead atoms. The highest BCUT2D eigenvalue weighted by Crippen LogP contribution is 2.19. The number of aromatic nitrogens is 1. The number of benzene rings is 1. The number of H-pyrrole nitrogens is 1. The molecule has 10 N–H and O–H groups in total. The van der Waals surface area contributed by atoms with Crippen molar-refractivity contribution in [2.75, 3.05) is 18.6 Å². The quantitative estimate of drug-likeness (QED) is 0.104. The first-order chi connectivity index (χ1) is 19.6. The molecule has 0 aliphatic heterocycles. The summed E-state index contributed by atoms with van der Waals surface area (Å²) in [7, 11) is 0. The van der Waals surface area contributed by atoms with Gasteiger partial charge in [0.05, 0.1) is 6.04 Å². The number of amides is 3. The molecule has 0 aliphatic carbocycles. The maximum absolute atomic E-state index is 13.2. The SMILES string of the molecule is CSCCC(N)C(=O)NC(CCCCN)C(=O)NC(CCC(=O)O)C(=O)NC(Cc1c[nH]c2ccccc12)C(=O)O. The predicted molar refractivity (Wildman–Crippen MR) is 156 cm³/mol. The van der Waals surface area contributed by atoms with Crippen LogP contribution in [-0.4, -0.2) is 87.6 Å². The number of fused-ring (bicyclic) bond motifs is 1. The van der Waals surface area contributed by atoms with Crippen molar-refractivity contribution in [1.82, 2.24) is 20.9 Å². The van der Waals surface area contributed by atoms with E-state index in [1.807, 2.05) is 30.5 Å². The van der Waals surface area contributed by atoms with Crippen molar-refractivity contribution in [2.24, 2.45) is 11.5 Å². The zero-order valence-corrected chi connectivity index (χ0v) is 23.9. The maximum Gasteiger partial charge on any atom is 0.326 e. The number of hydrogen-bond donors (Lipinski definition) is 8. The lowest BCUT2D eigenvalue weighted by atomic mass is 10.0. The third kappa shape index (κ3) is 11.1. The van der Waals surface area contributed by atoms with Gasteiger partial charge in [-0.25, -0.2) is 4.79 Å². The highest BCUT2D eigenvalue weighted by atomic mass is 32.2. The Kier molecular flexibility index (Phi) is 14.1. The first-order valence-electron chi connectivity index (χ1n) is 13.4. The van der Waals surface area contributed by atoms with Crippen LogP contribution in [0.15, 0.2) is 30.5 Å². The van der Waals surface area contributed by atoms with E-state index in [1.165, 1.54) is 11.8 Å². The van der Waals surface area contributed by atoms with Crippen LogP contribution in [0.4, 0.5) is 0 Å². The van der Waals surface area contributed by atoms with Crippen LogP contribution in [0.5, 0.6) is 0 Å². The molecule has 1 aromatic heterocycles. The molecule has 226 valence electrons. The fourth-order valence-electron chi connectivity index (χ4n) is 4.22. The highest BCUT2D eigenvalue weighted by molar-refractivity contribution is 7.98. The van der Waals surface area contributed by atoms with E-state index in [0.29, 0.717) is 37.1 Å². The van der Waals surface area contributed by atoms with Gasteiger partial charge in [0.2, 0.25) is 17.7 Å². The number of carboxylic acids is 2. The normalized spacial score (nSPS) is 14.0. The lowest BCUT2D eigenvalue weighted by Gasteiger charge is -2.25. The van der Waals surface area contributed by atoms with Crippen LogP contribution >= 0.6 is 11.8 Å². The number of carbonyl (C=O) groups excluding carboxylic acids is 3. The molecule has 3 amide bonds. The summed E-state index contributed by atoms with van der Waals surface area (Å²) in [5.41, 5.74) is 13.0. The van der Waals surface area contributed by atoms with E-state index in [2.05, 4.69) is 20.9 Å². The number of carboxylic acid groups (broad SMARTS) is 2. The van der Waals surface area contributed by atoms with Gasteiger partial charge in [-0.2, -0.15) is 11.8 Å². The summed E-state index contributed by atoms with van der Waals surface area (Å²) in [6, 6.07) is 2.72. The van der Waals surface area contributed by atoms with Crippen LogP contribution in [0.1, 0.15) is 44.1 Å². The number of rotatable bonds is 19. The molecule has 13 nitrogen and oxygen atoms in total. The van der Waals surface area contributed by atoms with Crippen LogP contribution in [0.3, 0.4) is 0 Å². The zero-order valence-electron chi connectivity index (χ0n) is 23.1. The van der Waals surface area contributed by atoms with Gasteiger partial charge in [0.25, 0.3) is 0 Å². The Balaban J connectivity index is 2.18. The minimum Gasteiger partial charge on any atom is -0.481 e. The first kappa shape index (κ1) is 33.6. The van der Waals surface area contributed by atoms with E-state index in [-0.39, 0.29) is 19.3 Å². The number of nitrogens with two attached hydrogens (primary N) is 2. The van der Waals surface area contributed by atoms with Crippen molar-refractivity contribution in [3.63, 3.8) is 0 Å². The third-order valence-corrected chi connectivity index (χ3v) is 7.19. The van der Waals surface area contributed by atoms with Crippen LogP contribution < -0.4 is 27.4 Å². The van der Waals surface area contributed by atoms with Crippen molar-refractivity contribution < 1.29 is 34.2 Å². The predicted octanol–water partition coefficient (Wildman–Crippen LogP) is 0.324. The van der Waals surface area contributed by atoms with Crippen LogP contribution in [-0.2, 0) is 30.4 Å². The number of aliphatic carboxylic acids is 2. The molecule has 0 spiro atoms. The number of para-hydroxylation sites is 1. The largest absolute Gasteiger partial charge is 0.481 e. The van der Waals surface area contributed by atoms with E-state index < -0.39 is 60.2 Å². The molecule has 0 aliphatic rings. The Morgan fingerprint density at radius 2 is 1.54 bits per heavy atom. The highest BCUT2D eigenvalue weighted by Gasteiger charge is 2.31. The van der Waals surface area contributed by atoms with E-state index >= 15 is 0 Å². The molecule has 0 saturated carbocycles. The minimum absolute atomic E-state index is 0.0452.